The van der Waals surface area contributed by atoms with Gasteiger partial charge in [0.05, 0.1) is 10.5 Å². The number of nitro benzene ring substituents is 1. The van der Waals surface area contributed by atoms with Gasteiger partial charge in [-0.25, -0.2) is 4.39 Å². The van der Waals surface area contributed by atoms with Gasteiger partial charge in [0.1, 0.15) is 12.4 Å². The van der Waals surface area contributed by atoms with E-state index in [1.54, 1.807) is 18.2 Å². The lowest BCUT2D eigenvalue weighted by atomic mass is 10.2. The van der Waals surface area contributed by atoms with Gasteiger partial charge in [0.15, 0.2) is 11.6 Å². The number of amidine groups is 1. The van der Waals surface area contributed by atoms with E-state index in [1.165, 1.54) is 18.2 Å². The average Bonchev–Trinajstić information content (AvgIpc) is 2.46. The molecule has 0 saturated carbocycles. The molecule has 0 fully saturated rings. The van der Waals surface area contributed by atoms with E-state index in [1.807, 2.05) is 0 Å². The lowest BCUT2D eigenvalue weighted by Crippen LogP contribution is -2.11. The fraction of sp³-hybridized carbons (Fsp3) is 0.0714. The van der Waals surface area contributed by atoms with Gasteiger partial charge >= 0.3 is 0 Å². The minimum Gasteiger partial charge on any atom is -0.486 e. The van der Waals surface area contributed by atoms with Crippen molar-refractivity contribution in [3.05, 3.63) is 69.5 Å². The van der Waals surface area contributed by atoms with Crippen LogP contribution in [0.15, 0.2) is 42.5 Å². The molecule has 0 radical (unpaired) electrons. The summed E-state index contributed by atoms with van der Waals surface area (Å²) in [7, 11) is 0. The van der Waals surface area contributed by atoms with E-state index in [-0.39, 0.29) is 29.4 Å². The van der Waals surface area contributed by atoms with Crippen molar-refractivity contribution in [2.45, 2.75) is 6.61 Å². The van der Waals surface area contributed by atoms with E-state index in [0.717, 1.165) is 6.07 Å². The van der Waals surface area contributed by atoms with E-state index in [2.05, 4.69) is 0 Å². The number of ether oxygens (including phenoxy) is 1. The van der Waals surface area contributed by atoms with Gasteiger partial charge in [0.25, 0.3) is 5.69 Å². The van der Waals surface area contributed by atoms with Crippen LogP contribution in [0.3, 0.4) is 0 Å². The maximum Gasteiger partial charge on any atom is 0.276 e. The number of benzene rings is 2. The topological polar surface area (TPSA) is 102 Å². The molecular weight excluding hydrogens is 277 g/mol. The molecule has 0 aliphatic carbocycles. The van der Waals surface area contributed by atoms with Crippen LogP contribution in [0.5, 0.6) is 5.75 Å². The van der Waals surface area contributed by atoms with Crippen LogP contribution in [0.1, 0.15) is 11.1 Å². The number of halogens is 1. The molecule has 0 aliphatic heterocycles. The third-order valence-electron chi connectivity index (χ3n) is 2.81. The van der Waals surface area contributed by atoms with Gasteiger partial charge in [-0.05, 0) is 24.3 Å². The zero-order valence-corrected chi connectivity index (χ0v) is 10.9. The van der Waals surface area contributed by atoms with Crippen LogP contribution in [0.2, 0.25) is 0 Å². The number of nitrogen functional groups attached to an aromatic ring is 1. The van der Waals surface area contributed by atoms with Crippen LogP contribution in [0.4, 0.5) is 10.1 Å². The van der Waals surface area contributed by atoms with Gasteiger partial charge in [0, 0.05) is 11.6 Å². The molecule has 0 atom stereocenters. The zero-order chi connectivity index (χ0) is 15.4. The second-order valence-electron chi connectivity index (χ2n) is 4.23. The Hall–Kier alpha value is -2.96. The molecule has 2 aromatic rings. The SMILES string of the molecule is N=C(N)c1ccc(OCc2ccccc2[N+](=O)[O-])c(F)c1. The Morgan fingerprint density at radius 3 is 2.67 bits per heavy atom. The van der Waals surface area contributed by atoms with E-state index in [9.17, 15) is 14.5 Å². The molecule has 6 nitrogen and oxygen atoms in total. The highest BCUT2D eigenvalue weighted by Crippen LogP contribution is 2.23. The number of rotatable bonds is 5. The second-order valence-corrected chi connectivity index (χ2v) is 4.23. The zero-order valence-electron chi connectivity index (χ0n) is 10.9. The molecule has 0 heterocycles. The van der Waals surface area contributed by atoms with Crippen molar-refractivity contribution in [3.63, 3.8) is 0 Å². The Kier molecular flexibility index (Phi) is 4.13. The van der Waals surface area contributed by atoms with Gasteiger partial charge < -0.3 is 10.5 Å². The van der Waals surface area contributed by atoms with E-state index >= 15 is 0 Å². The van der Waals surface area contributed by atoms with Gasteiger partial charge in [-0.2, -0.15) is 0 Å². The van der Waals surface area contributed by atoms with E-state index in [0.29, 0.717) is 5.56 Å². The Bertz CT molecular complexity index is 704. The summed E-state index contributed by atoms with van der Waals surface area (Å²) in [5.74, 6) is -0.987. The molecule has 0 spiro atoms. The monoisotopic (exact) mass is 289 g/mol. The van der Waals surface area contributed by atoms with Crippen molar-refractivity contribution in [1.82, 2.24) is 0 Å². The number of nitrogens with one attached hydrogen (secondary N) is 1. The molecule has 108 valence electrons. The van der Waals surface area contributed by atoms with Crippen LogP contribution in [0, 0.1) is 21.3 Å². The van der Waals surface area contributed by atoms with Crippen LogP contribution in [-0.4, -0.2) is 10.8 Å². The Morgan fingerprint density at radius 2 is 2.05 bits per heavy atom. The molecule has 3 N–H and O–H groups in total. The van der Waals surface area contributed by atoms with Crippen molar-refractivity contribution in [2.75, 3.05) is 0 Å². The molecule has 0 unspecified atom stereocenters. The van der Waals surface area contributed by atoms with Gasteiger partial charge in [-0.3, -0.25) is 15.5 Å². The first-order valence-electron chi connectivity index (χ1n) is 5.98. The summed E-state index contributed by atoms with van der Waals surface area (Å²) >= 11 is 0. The molecular formula is C14H12FN3O3. The Labute approximate surface area is 119 Å². The fourth-order valence-corrected chi connectivity index (χ4v) is 1.75. The van der Waals surface area contributed by atoms with E-state index < -0.39 is 10.7 Å². The first-order valence-corrected chi connectivity index (χ1v) is 5.98. The Morgan fingerprint density at radius 1 is 1.33 bits per heavy atom. The van der Waals surface area contributed by atoms with Crippen molar-refractivity contribution >= 4 is 11.5 Å². The standard InChI is InChI=1S/C14H12FN3O3/c15-11-7-9(14(16)17)5-6-13(11)21-8-10-3-1-2-4-12(10)18(19)20/h1-7H,8H2,(H3,16,17). The van der Waals surface area contributed by atoms with Crippen LogP contribution in [-0.2, 0) is 6.61 Å². The third kappa shape index (κ3) is 3.33. The first kappa shape index (κ1) is 14.4. The van der Waals surface area contributed by atoms with Gasteiger partial charge in [-0.1, -0.05) is 12.1 Å². The van der Waals surface area contributed by atoms with Crippen molar-refractivity contribution in [1.29, 1.82) is 5.41 Å². The maximum absolute atomic E-state index is 13.8. The predicted octanol–water partition coefficient (Wildman–Crippen LogP) is 2.60. The smallest absolute Gasteiger partial charge is 0.276 e. The number of hydrogen-bond acceptors (Lipinski definition) is 4. The number of nitrogens with two attached hydrogens (primary N) is 1. The number of nitrogens with zero attached hydrogens (tertiary/aromatic N) is 1. The second kappa shape index (κ2) is 6.00. The van der Waals surface area contributed by atoms with E-state index in [4.69, 9.17) is 15.9 Å². The van der Waals surface area contributed by atoms with Crippen LogP contribution in [0.25, 0.3) is 0 Å². The highest BCUT2D eigenvalue weighted by molar-refractivity contribution is 5.95. The van der Waals surface area contributed by atoms with Crippen molar-refractivity contribution in [3.8, 4) is 5.75 Å². The predicted molar refractivity (Wildman–Crippen MR) is 74.8 cm³/mol. The van der Waals surface area contributed by atoms with Gasteiger partial charge in [-0.15, -0.1) is 0 Å². The summed E-state index contributed by atoms with van der Waals surface area (Å²) in [6, 6.07) is 9.94. The summed E-state index contributed by atoms with van der Waals surface area (Å²) in [5.41, 5.74) is 5.75. The first-order chi connectivity index (χ1) is 9.99. The largest absolute Gasteiger partial charge is 0.486 e. The number of para-hydroxylation sites is 1. The van der Waals surface area contributed by atoms with Gasteiger partial charge in [0.2, 0.25) is 0 Å². The molecule has 2 aromatic carbocycles. The molecule has 0 aromatic heterocycles. The fourth-order valence-electron chi connectivity index (χ4n) is 1.75. The lowest BCUT2D eigenvalue weighted by molar-refractivity contribution is -0.385. The molecule has 0 amide bonds. The Balaban J connectivity index is 2.17. The lowest BCUT2D eigenvalue weighted by Gasteiger charge is -2.08. The molecule has 2 rings (SSSR count). The summed E-state index contributed by atoms with van der Waals surface area (Å²) in [4.78, 5) is 10.3. The molecule has 7 heteroatoms. The number of nitro groups is 1. The average molecular weight is 289 g/mol. The summed E-state index contributed by atoms with van der Waals surface area (Å²) < 4.78 is 19.0. The highest BCUT2D eigenvalue weighted by Gasteiger charge is 2.14. The molecule has 0 saturated heterocycles. The third-order valence-corrected chi connectivity index (χ3v) is 2.81. The summed E-state index contributed by atoms with van der Waals surface area (Å²) in [5, 5.41) is 18.1. The maximum atomic E-state index is 13.8. The minimum atomic E-state index is -0.679. The number of hydrogen-bond donors (Lipinski definition) is 2. The van der Waals surface area contributed by atoms with Crippen molar-refractivity contribution < 1.29 is 14.1 Å². The summed E-state index contributed by atoms with van der Waals surface area (Å²) in [6.07, 6.45) is 0. The molecule has 0 bridgehead atoms. The molecule has 21 heavy (non-hydrogen) atoms. The summed E-state index contributed by atoms with van der Waals surface area (Å²) in [6.45, 7) is -0.131. The molecule has 0 aliphatic rings. The van der Waals surface area contributed by atoms with Crippen LogP contribution >= 0.6 is 0 Å². The minimum absolute atomic E-state index is 0.0573. The van der Waals surface area contributed by atoms with Crippen molar-refractivity contribution in [2.24, 2.45) is 5.73 Å². The normalized spacial score (nSPS) is 10.1. The highest BCUT2D eigenvalue weighted by atomic mass is 19.1. The quantitative estimate of drug-likeness (QED) is 0.382. The van der Waals surface area contributed by atoms with Crippen LogP contribution < -0.4 is 10.5 Å².